The Hall–Kier alpha value is -2.08. The normalized spacial score (nSPS) is 11.9. The minimum Gasteiger partial charge on any atom is -0.321 e. The zero-order valence-corrected chi connectivity index (χ0v) is 8.24. The molecule has 1 aromatic carbocycles. The highest BCUT2D eigenvalue weighted by atomic mass is 15.0. The number of imidazole rings is 1. The van der Waals surface area contributed by atoms with Gasteiger partial charge in [0.2, 0.25) is 0 Å². The summed E-state index contributed by atoms with van der Waals surface area (Å²) in [5.74, 6) is 0. The molecule has 3 nitrogen and oxygen atoms in total. The second-order valence-electron chi connectivity index (χ2n) is 3.34. The van der Waals surface area contributed by atoms with Gasteiger partial charge in [-0.2, -0.15) is 5.26 Å². The second kappa shape index (κ2) is 4.43. The lowest BCUT2D eigenvalue weighted by Crippen LogP contribution is -2.07. The van der Waals surface area contributed by atoms with Gasteiger partial charge in [-0.15, -0.1) is 0 Å². The molecule has 0 aliphatic heterocycles. The van der Waals surface area contributed by atoms with Crippen LogP contribution in [-0.4, -0.2) is 9.55 Å². The maximum Gasteiger partial charge on any atom is 0.125 e. The van der Waals surface area contributed by atoms with Gasteiger partial charge < -0.3 is 4.57 Å². The molecule has 1 heterocycles. The molecule has 0 fully saturated rings. The van der Waals surface area contributed by atoms with Crippen molar-refractivity contribution in [2.24, 2.45) is 0 Å². The zero-order chi connectivity index (χ0) is 10.5. The predicted molar refractivity (Wildman–Crippen MR) is 57.0 cm³/mol. The van der Waals surface area contributed by atoms with Gasteiger partial charge in [0, 0.05) is 18.8 Å². The highest BCUT2D eigenvalue weighted by Crippen LogP contribution is 2.12. The third-order valence-electron chi connectivity index (χ3n) is 2.31. The third-order valence-corrected chi connectivity index (χ3v) is 2.31. The molecular formula is C12H11N3. The second-order valence-corrected chi connectivity index (χ2v) is 3.34. The van der Waals surface area contributed by atoms with Crippen LogP contribution < -0.4 is 0 Å². The van der Waals surface area contributed by atoms with E-state index in [4.69, 9.17) is 5.26 Å². The molecule has 2 aromatic rings. The Kier molecular flexibility index (Phi) is 2.80. The van der Waals surface area contributed by atoms with E-state index in [1.54, 1.807) is 12.5 Å². The van der Waals surface area contributed by atoms with E-state index in [1.165, 1.54) is 0 Å². The van der Waals surface area contributed by atoms with Gasteiger partial charge in [0.15, 0.2) is 0 Å². The van der Waals surface area contributed by atoms with Gasteiger partial charge in [-0.3, -0.25) is 0 Å². The van der Waals surface area contributed by atoms with Crippen LogP contribution >= 0.6 is 0 Å². The topological polar surface area (TPSA) is 41.6 Å². The van der Waals surface area contributed by atoms with Gasteiger partial charge in [-0.1, -0.05) is 30.3 Å². The number of hydrogen-bond donors (Lipinski definition) is 0. The van der Waals surface area contributed by atoms with Crippen molar-refractivity contribution in [3.8, 4) is 6.07 Å². The molecule has 74 valence electrons. The Morgan fingerprint density at radius 1 is 1.33 bits per heavy atom. The summed E-state index contributed by atoms with van der Waals surface area (Å²) in [5.41, 5.74) is 1.16. The Bertz CT molecular complexity index is 439. The van der Waals surface area contributed by atoms with Crippen LogP contribution in [0.5, 0.6) is 0 Å². The van der Waals surface area contributed by atoms with E-state index < -0.39 is 0 Å². The molecule has 0 aliphatic carbocycles. The molecule has 0 saturated carbocycles. The molecule has 1 aromatic heterocycles. The van der Waals surface area contributed by atoms with E-state index in [9.17, 15) is 0 Å². The standard InChI is InChI=1S/C12H11N3/c13-9-12(15-7-6-14-10-15)8-11-4-2-1-3-5-11/h1-7,10,12H,8H2. The SMILES string of the molecule is N#CC(Cc1ccccc1)n1ccnc1. The highest BCUT2D eigenvalue weighted by molar-refractivity contribution is 5.17. The van der Waals surface area contributed by atoms with E-state index in [2.05, 4.69) is 11.1 Å². The van der Waals surface area contributed by atoms with E-state index in [0.717, 1.165) is 5.56 Å². The monoisotopic (exact) mass is 197 g/mol. The van der Waals surface area contributed by atoms with Crippen LogP contribution in [0.2, 0.25) is 0 Å². The molecular weight excluding hydrogens is 186 g/mol. The molecule has 0 amide bonds. The fourth-order valence-electron chi connectivity index (χ4n) is 1.51. The summed E-state index contributed by atoms with van der Waals surface area (Å²) in [7, 11) is 0. The maximum absolute atomic E-state index is 9.06. The first-order valence-electron chi connectivity index (χ1n) is 4.81. The van der Waals surface area contributed by atoms with E-state index in [0.29, 0.717) is 6.42 Å². The molecule has 0 saturated heterocycles. The number of aromatic nitrogens is 2. The average molecular weight is 197 g/mol. The van der Waals surface area contributed by atoms with Crippen molar-refractivity contribution in [3.63, 3.8) is 0 Å². The average Bonchev–Trinajstić information content (AvgIpc) is 2.81. The molecule has 1 unspecified atom stereocenters. The summed E-state index contributed by atoms with van der Waals surface area (Å²) in [6.45, 7) is 0. The molecule has 0 bridgehead atoms. The van der Waals surface area contributed by atoms with Crippen LogP contribution in [0.3, 0.4) is 0 Å². The fourth-order valence-corrected chi connectivity index (χ4v) is 1.51. The zero-order valence-electron chi connectivity index (χ0n) is 8.24. The van der Waals surface area contributed by atoms with Crippen molar-refractivity contribution >= 4 is 0 Å². The summed E-state index contributed by atoms with van der Waals surface area (Å²) < 4.78 is 1.83. The lowest BCUT2D eigenvalue weighted by atomic mass is 10.1. The quantitative estimate of drug-likeness (QED) is 0.756. The van der Waals surface area contributed by atoms with Crippen LogP contribution in [0.1, 0.15) is 11.6 Å². The minimum atomic E-state index is -0.171. The van der Waals surface area contributed by atoms with Crippen LogP contribution in [-0.2, 0) is 6.42 Å². The smallest absolute Gasteiger partial charge is 0.125 e. The van der Waals surface area contributed by atoms with E-state index >= 15 is 0 Å². The third kappa shape index (κ3) is 2.23. The molecule has 0 spiro atoms. The number of hydrogen-bond acceptors (Lipinski definition) is 2. The predicted octanol–water partition coefficient (Wildman–Crippen LogP) is 2.19. The molecule has 3 heteroatoms. The van der Waals surface area contributed by atoms with Crippen molar-refractivity contribution in [3.05, 3.63) is 54.6 Å². The minimum absolute atomic E-state index is 0.171. The van der Waals surface area contributed by atoms with Crippen molar-refractivity contribution in [1.82, 2.24) is 9.55 Å². The largest absolute Gasteiger partial charge is 0.321 e. The molecule has 15 heavy (non-hydrogen) atoms. The molecule has 2 rings (SSSR count). The molecule has 1 atom stereocenters. The van der Waals surface area contributed by atoms with Gasteiger partial charge in [-0.25, -0.2) is 4.98 Å². The Morgan fingerprint density at radius 3 is 2.73 bits per heavy atom. The lowest BCUT2D eigenvalue weighted by molar-refractivity contribution is 0.612. The van der Waals surface area contributed by atoms with Crippen LogP contribution in [0.15, 0.2) is 49.1 Å². The van der Waals surface area contributed by atoms with Gasteiger partial charge in [0.05, 0.1) is 12.4 Å². The number of benzene rings is 1. The first-order chi connectivity index (χ1) is 7.40. The molecule has 0 aliphatic rings. The summed E-state index contributed by atoms with van der Waals surface area (Å²) >= 11 is 0. The van der Waals surface area contributed by atoms with Crippen molar-refractivity contribution < 1.29 is 0 Å². The van der Waals surface area contributed by atoms with Gasteiger partial charge in [0.25, 0.3) is 0 Å². The molecule has 0 N–H and O–H groups in total. The fraction of sp³-hybridized carbons (Fsp3) is 0.167. The summed E-state index contributed by atoms with van der Waals surface area (Å²) in [6.07, 6.45) is 5.90. The first kappa shape index (κ1) is 9.47. The Balaban J connectivity index is 2.14. The van der Waals surface area contributed by atoms with Gasteiger partial charge in [0.1, 0.15) is 6.04 Å². The van der Waals surface area contributed by atoms with Gasteiger partial charge >= 0.3 is 0 Å². The number of nitriles is 1. The Labute approximate surface area is 88.6 Å². The van der Waals surface area contributed by atoms with E-state index in [-0.39, 0.29) is 6.04 Å². The van der Waals surface area contributed by atoms with Crippen LogP contribution in [0.25, 0.3) is 0 Å². The number of nitrogens with zero attached hydrogens (tertiary/aromatic N) is 3. The highest BCUT2D eigenvalue weighted by Gasteiger charge is 2.09. The summed E-state index contributed by atoms with van der Waals surface area (Å²) in [6, 6.07) is 12.1. The van der Waals surface area contributed by atoms with Crippen molar-refractivity contribution in [2.45, 2.75) is 12.5 Å². The van der Waals surface area contributed by atoms with Gasteiger partial charge in [-0.05, 0) is 5.56 Å². The van der Waals surface area contributed by atoms with E-state index in [1.807, 2.05) is 41.1 Å². The van der Waals surface area contributed by atoms with Crippen molar-refractivity contribution in [1.29, 1.82) is 5.26 Å². The van der Waals surface area contributed by atoms with Crippen molar-refractivity contribution in [2.75, 3.05) is 0 Å². The van der Waals surface area contributed by atoms with Crippen LogP contribution in [0.4, 0.5) is 0 Å². The Morgan fingerprint density at radius 2 is 2.13 bits per heavy atom. The molecule has 0 radical (unpaired) electrons. The lowest BCUT2D eigenvalue weighted by Gasteiger charge is -2.09. The summed E-state index contributed by atoms with van der Waals surface area (Å²) in [5, 5.41) is 9.06. The number of rotatable bonds is 3. The maximum atomic E-state index is 9.06. The van der Waals surface area contributed by atoms with Crippen LogP contribution in [0, 0.1) is 11.3 Å². The first-order valence-corrected chi connectivity index (χ1v) is 4.81. The summed E-state index contributed by atoms with van der Waals surface area (Å²) in [4.78, 5) is 3.94.